The molecule has 4 heteroatoms. The van der Waals surface area contributed by atoms with Gasteiger partial charge in [0.25, 0.3) is 0 Å². The van der Waals surface area contributed by atoms with Crippen molar-refractivity contribution in [3.8, 4) is 11.5 Å². The fourth-order valence-electron chi connectivity index (χ4n) is 2.16. The van der Waals surface area contributed by atoms with E-state index in [9.17, 15) is 4.39 Å². The molecule has 0 spiro atoms. The minimum Gasteiger partial charge on any atom is -0.456 e. The van der Waals surface area contributed by atoms with E-state index in [0.29, 0.717) is 17.1 Å². The quantitative estimate of drug-likeness (QED) is 0.782. The third kappa shape index (κ3) is 3.83. The normalized spacial score (nSPS) is 12.2. The first-order chi connectivity index (χ1) is 10.0. The molecule has 112 valence electrons. The SMILES string of the molecule is CCNC(C)c1cc(F)c(C)cc1Oc1ccccc1Br. The topological polar surface area (TPSA) is 21.3 Å². The van der Waals surface area contributed by atoms with Crippen LogP contribution in [0.4, 0.5) is 4.39 Å². The molecule has 21 heavy (non-hydrogen) atoms. The molecule has 2 nitrogen and oxygen atoms in total. The summed E-state index contributed by atoms with van der Waals surface area (Å²) in [6.07, 6.45) is 0. The Hall–Kier alpha value is -1.39. The number of rotatable bonds is 5. The zero-order valence-electron chi connectivity index (χ0n) is 12.4. The Kier molecular flexibility index (Phi) is 5.37. The summed E-state index contributed by atoms with van der Waals surface area (Å²) in [6.45, 7) is 6.57. The molecule has 1 unspecified atom stereocenters. The summed E-state index contributed by atoms with van der Waals surface area (Å²) in [4.78, 5) is 0. The van der Waals surface area contributed by atoms with Crippen molar-refractivity contribution in [2.45, 2.75) is 26.8 Å². The molecular weight excluding hydrogens is 333 g/mol. The average Bonchev–Trinajstić information content (AvgIpc) is 2.45. The van der Waals surface area contributed by atoms with E-state index in [0.717, 1.165) is 16.6 Å². The van der Waals surface area contributed by atoms with Gasteiger partial charge in [0.2, 0.25) is 0 Å². The Bertz CT molecular complexity index is 630. The van der Waals surface area contributed by atoms with Crippen LogP contribution >= 0.6 is 15.9 Å². The van der Waals surface area contributed by atoms with Crippen LogP contribution in [0.5, 0.6) is 11.5 Å². The Labute approximate surface area is 133 Å². The molecule has 0 aliphatic carbocycles. The maximum Gasteiger partial charge on any atom is 0.141 e. The number of nitrogens with one attached hydrogen (secondary N) is 1. The second-order valence-electron chi connectivity index (χ2n) is 4.95. The van der Waals surface area contributed by atoms with Crippen molar-refractivity contribution < 1.29 is 9.13 Å². The van der Waals surface area contributed by atoms with E-state index < -0.39 is 0 Å². The van der Waals surface area contributed by atoms with Crippen molar-refractivity contribution in [1.29, 1.82) is 0 Å². The van der Waals surface area contributed by atoms with E-state index in [1.807, 2.05) is 38.1 Å². The minimum absolute atomic E-state index is 0.0163. The lowest BCUT2D eigenvalue weighted by Crippen LogP contribution is -2.18. The molecule has 1 atom stereocenters. The number of ether oxygens (including phenoxy) is 1. The lowest BCUT2D eigenvalue weighted by molar-refractivity contribution is 0.456. The monoisotopic (exact) mass is 351 g/mol. The van der Waals surface area contributed by atoms with Crippen molar-refractivity contribution >= 4 is 15.9 Å². The molecule has 0 fully saturated rings. The fraction of sp³-hybridized carbons (Fsp3) is 0.294. The predicted molar refractivity (Wildman–Crippen MR) is 87.4 cm³/mol. The maximum atomic E-state index is 13.9. The molecule has 0 aliphatic rings. The smallest absolute Gasteiger partial charge is 0.141 e. The number of para-hydroxylation sites is 1. The Morgan fingerprint density at radius 3 is 2.62 bits per heavy atom. The van der Waals surface area contributed by atoms with Crippen LogP contribution < -0.4 is 10.1 Å². The van der Waals surface area contributed by atoms with E-state index >= 15 is 0 Å². The van der Waals surface area contributed by atoms with Gasteiger partial charge < -0.3 is 10.1 Å². The summed E-state index contributed by atoms with van der Waals surface area (Å²) in [6, 6.07) is 10.9. The summed E-state index contributed by atoms with van der Waals surface area (Å²) >= 11 is 3.46. The van der Waals surface area contributed by atoms with E-state index in [2.05, 4.69) is 21.2 Å². The third-order valence-electron chi connectivity index (χ3n) is 3.32. The largest absolute Gasteiger partial charge is 0.456 e. The van der Waals surface area contributed by atoms with Crippen LogP contribution in [-0.2, 0) is 0 Å². The molecule has 0 aromatic heterocycles. The molecule has 1 N–H and O–H groups in total. The van der Waals surface area contributed by atoms with Crippen molar-refractivity contribution in [1.82, 2.24) is 5.32 Å². The molecule has 2 aromatic carbocycles. The van der Waals surface area contributed by atoms with Crippen LogP contribution in [0.15, 0.2) is 40.9 Å². The molecule has 0 radical (unpaired) electrons. The highest BCUT2D eigenvalue weighted by molar-refractivity contribution is 9.10. The molecular formula is C17H19BrFNO. The molecule has 0 aliphatic heterocycles. The fourth-order valence-corrected chi connectivity index (χ4v) is 2.53. The Balaban J connectivity index is 2.41. The molecule has 0 saturated carbocycles. The Morgan fingerprint density at radius 1 is 1.24 bits per heavy atom. The standard InChI is InChI=1S/C17H19BrFNO/c1-4-20-12(3)13-10-15(19)11(2)9-17(13)21-16-8-6-5-7-14(16)18/h5-10,12,20H,4H2,1-3H3. The second-order valence-corrected chi connectivity index (χ2v) is 5.81. The first kappa shape index (κ1) is 16.0. The van der Waals surface area contributed by atoms with Gasteiger partial charge in [-0.05, 0) is 66.2 Å². The van der Waals surface area contributed by atoms with E-state index in [1.165, 1.54) is 0 Å². The Morgan fingerprint density at radius 2 is 1.95 bits per heavy atom. The van der Waals surface area contributed by atoms with E-state index in [1.54, 1.807) is 19.1 Å². The first-order valence-electron chi connectivity index (χ1n) is 6.98. The van der Waals surface area contributed by atoms with Gasteiger partial charge in [-0.3, -0.25) is 0 Å². The van der Waals surface area contributed by atoms with E-state index in [4.69, 9.17) is 4.74 Å². The van der Waals surface area contributed by atoms with Gasteiger partial charge in [0.15, 0.2) is 0 Å². The summed E-state index contributed by atoms with van der Waals surface area (Å²) in [7, 11) is 0. The van der Waals surface area contributed by atoms with Gasteiger partial charge in [-0.1, -0.05) is 19.1 Å². The molecule has 0 heterocycles. The van der Waals surface area contributed by atoms with Crippen molar-refractivity contribution in [3.63, 3.8) is 0 Å². The highest BCUT2D eigenvalue weighted by Crippen LogP contribution is 2.35. The van der Waals surface area contributed by atoms with Crippen LogP contribution in [0.25, 0.3) is 0 Å². The van der Waals surface area contributed by atoms with Crippen molar-refractivity contribution in [3.05, 3.63) is 57.8 Å². The molecule has 2 aromatic rings. The highest BCUT2D eigenvalue weighted by Gasteiger charge is 2.15. The maximum absolute atomic E-state index is 13.9. The highest BCUT2D eigenvalue weighted by atomic mass is 79.9. The lowest BCUT2D eigenvalue weighted by Gasteiger charge is -2.19. The molecule has 0 amide bonds. The van der Waals surface area contributed by atoms with Crippen LogP contribution in [0.3, 0.4) is 0 Å². The van der Waals surface area contributed by atoms with Gasteiger partial charge in [0.05, 0.1) is 4.47 Å². The average molecular weight is 352 g/mol. The van der Waals surface area contributed by atoms with Gasteiger partial charge in [-0.15, -0.1) is 0 Å². The number of hydrogen-bond donors (Lipinski definition) is 1. The number of halogens is 2. The molecule has 0 saturated heterocycles. The predicted octanol–water partition coefficient (Wildman–Crippen LogP) is 5.36. The third-order valence-corrected chi connectivity index (χ3v) is 3.98. The van der Waals surface area contributed by atoms with Gasteiger partial charge in [0.1, 0.15) is 17.3 Å². The summed E-state index contributed by atoms with van der Waals surface area (Å²) < 4.78 is 20.7. The van der Waals surface area contributed by atoms with Gasteiger partial charge >= 0.3 is 0 Å². The zero-order chi connectivity index (χ0) is 15.4. The lowest BCUT2D eigenvalue weighted by atomic mass is 10.0. The second kappa shape index (κ2) is 7.05. The van der Waals surface area contributed by atoms with Gasteiger partial charge in [-0.25, -0.2) is 4.39 Å². The minimum atomic E-state index is -0.214. The first-order valence-corrected chi connectivity index (χ1v) is 7.78. The van der Waals surface area contributed by atoms with Gasteiger partial charge in [-0.2, -0.15) is 0 Å². The zero-order valence-corrected chi connectivity index (χ0v) is 14.0. The van der Waals surface area contributed by atoms with Crippen LogP contribution in [0.2, 0.25) is 0 Å². The van der Waals surface area contributed by atoms with Gasteiger partial charge in [0, 0.05) is 11.6 Å². The number of benzene rings is 2. The van der Waals surface area contributed by atoms with Crippen LogP contribution in [0.1, 0.15) is 31.0 Å². The number of aryl methyl sites for hydroxylation is 1. The summed E-state index contributed by atoms with van der Waals surface area (Å²) in [5.74, 6) is 1.18. The van der Waals surface area contributed by atoms with Crippen LogP contribution in [0, 0.1) is 12.7 Å². The van der Waals surface area contributed by atoms with Crippen molar-refractivity contribution in [2.75, 3.05) is 6.54 Å². The number of hydrogen-bond acceptors (Lipinski definition) is 2. The van der Waals surface area contributed by atoms with Crippen molar-refractivity contribution in [2.24, 2.45) is 0 Å². The summed E-state index contributed by atoms with van der Waals surface area (Å²) in [5, 5.41) is 3.29. The molecule has 2 rings (SSSR count). The summed E-state index contributed by atoms with van der Waals surface area (Å²) in [5.41, 5.74) is 1.39. The van der Waals surface area contributed by atoms with E-state index in [-0.39, 0.29) is 11.9 Å². The molecule has 0 bridgehead atoms. The van der Waals surface area contributed by atoms with Crippen LogP contribution in [-0.4, -0.2) is 6.54 Å².